The van der Waals surface area contributed by atoms with E-state index in [-0.39, 0.29) is 0 Å². The van der Waals surface area contributed by atoms with E-state index in [0.717, 1.165) is 5.92 Å². The summed E-state index contributed by atoms with van der Waals surface area (Å²) in [6.45, 7) is 2.39. The van der Waals surface area contributed by atoms with Gasteiger partial charge in [-0.05, 0) is 74.6 Å². The van der Waals surface area contributed by atoms with Gasteiger partial charge in [0, 0.05) is 33.2 Å². The Morgan fingerprint density at radius 2 is 1.95 bits per heavy atom. The van der Waals surface area contributed by atoms with Crippen LogP contribution in [-0.2, 0) is 6.42 Å². The quantitative estimate of drug-likeness (QED) is 0.729. The molecule has 1 heterocycles. The maximum absolute atomic E-state index is 3.97. The van der Waals surface area contributed by atoms with Crippen molar-refractivity contribution in [2.75, 3.05) is 0 Å². The average Bonchev–Trinajstić information content (AvgIpc) is 2.89. The highest BCUT2D eigenvalue weighted by molar-refractivity contribution is 9.10. The van der Waals surface area contributed by atoms with Gasteiger partial charge in [-0.25, -0.2) is 0 Å². The summed E-state index contributed by atoms with van der Waals surface area (Å²) in [5.74, 6) is 0.922. The van der Waals surface area contributed by atoms with E-state index in [1.807, 2.05) is 0 Å². The van der Waals surface area contributed by atoms with Gasteiger partial charge in [-0.2, -0.15) is 0 Å². The van der Waals surface area contributed by atoms with E-state index in [4.69, 9.17) is 0 Å². The molecule has 2 nitrogen and oxygen atoms in total. The minimum Gasteiger partial charge on any atom is -0.357 e. The van der Waals surface area contributed by atoms with Crippen LogP contribution >= 0.6 is 15.9 Å². The van der Waals surface area contributed by atoms with Crippen LogP contribution in [0, 0.1) is 5.92 Å². The zero-order valence-electron chi connectivity index (χ0n) is 13.3. The molecule has 1 atom stereocenters. The second kappa shape index (κ2) is 6.01. The van der Waals surface area contributed by atoms with Gasteiger partial charge in [-0.1, -0.05) is 22.9 Å². The first-order valence-corrected chi connectivity index (χ1v) is 9.56. The Morgan fingerprint density at radius 3 is 2.77 bits per heavy atom. The first-order chi connectivity index (χ1) is 10.7. The molecule has 1 saturated carbocycles. The van der Waals surface area contributed by atoms with E-state index in [1.54, 1.807) is 5.56 Å². The largest absolute Gasteiger partial charge is 0.357 e. The number of hydrogen-bond donors (Lipinski definition) is 2. The number of aromatic nitrogens is 1. The van der Waals surface area contributed by atoms with Crippen molar-refractivity contribution < 1.29 is 0 Å². The van der Waals surface area contributed by atoms with Gasteiger partial charge in [0.2, 0.25) is 0 Å². The minimum atomic E-state index is 0.522. The number of rotatable bonds is 2. The number of benzene rings is 1. The van der Waals surface area contributed by atoms with E-state index < -0.39 is 0 Å². The number of hydrogen-bond acceptors (Lipinski definition) is 1. The van der Waals surface area contributed by atoms with Crippen LogP contribution in [0.4, 0.5) is 0 Å². The number of nitrogens with one attached hydrogen (secondary N) is 2. The fourth-order valence-corrected chi connectivity index (χ4v) is 4.67. The summed E-state index contributed by atoms with van der Waals surface area (Å²) < 4.78 is 1.18. The van der Waals surface area contributed by atoms with Gasteiger partial charge in [0.25, 0.3) is 0 Å². The zero-order valence-corrected chi connectivity index (χ0v) is 14.9. The number of fused-ring (bicyclic) bond motifs is 3. The lowest BCUT2D eigenvalue weighted by atomic mass is 9.85. The van der Waals surface area contributed by atoms with Gasteiger partial charge in [0.15, 0.2) is 0 Å². The normalized spacial score (nSPS) is 28.7. The molecule has 2 N–H and O–H groups in total. The molecule has 22 heavy (non-hydrogen) atoms. The molecule has 0 radical (unpaired) electrons. The van der Waals surface area contributed by atoms with Gasteiger partial charge in [-0.15, -0.1) is 0 Å². The van der Waals surface area contributed by atoms with E-state index in [9.17, 15) is 0 Å². The minimum absolute atomic E-state index is 0.522. The Hall–Kier alpha value is -0.800. The predicted molar refractivity (Wildman–Crippen MR) is 96.2 cm³/mol. The van der Waals surface area contributed by atoms with Crippen molar-refractivity contribution in [2.24, 2.45) is 5.92 Å². The molecule has 118 valence electrons. The first kappa shape index (κ1) is 14.8. The molecule has 2 aromatic rings. The molecule has 1 fully saturated rings. The highest BCUT2D eigenvalue weighted by atomic mass is 79.9. The second-order valence-electron chi connectivity index (χ2n) is 7.28. The molecular formula is C19H25BrN2. The van der Waals surface area contributed by atoms with Crippen molar-refractivity contribution in [1.82, 2.24) is 10.3 Å². The Balaban J connectivity index is 1.60. The van der Waals surface area contributed by atoms with Gasteiger partial charge in [0.1, 0.15) is 0 Å². The maximum atomic E-state index is 3.97. The number of H-pyrrole nitrogens is 1. The Kier molecular flexibility index (Phi) is 4.04. The standard InChI is InChI=1S/C19H25BrN2/c1-12-5-8-14(9-6-12)21-18-4-2-3-15-16-11-13(20)7-10-17(16)22-19(15)18/h7,10-12,14,18,21-22H,2-6,8-9H2,1H3. The summed E-state index contributed by atoms with van der Waals surface area (Å²) in [6.07, 6.45) is 9.25. The molecule has 0 spiro atoms. The van der Waals surface area contributed by atoms with E-state index in [2.05, 4.69) is 51.4 Å². The third kappa shape index (κ3) is 2.74. The van der Waals surface area contributed by atoms with Gasteiger partial charge in [0.05, 0.1) is 0 Å². The second-order valence-corrected chi connectivity index (χ2v) is 8.19. The van der Waals surface area contributed by atoms with Gasteiger partial charge in [-0.3, -0.25) is 0 Å². The topological polar surface area (TPSA) is 27.8 Å². The molecule has 2 aliphatic carbocycles. The monoisotopic (exact) mass is 360 g/mol. The van der Waals surface area contributed by atoms with Crippen LogP contribution in [0.5, 0.6) is 0 Å². The van der Waals surface area contributed by atoms with Crippen molar-refractivity contribution in [3.63, 3.8) is 0 Å². The summed E-state index contributed by atoms with van der Waals surface area (Å²) in [4.78, 5) is 3.71. The molecule has 1 aromatic heterocycles. The smallest absolute Gasteiger partial charge is 0.0478 e. The summed E-state index contributed by atoms with van der Waals surface area (Å²) in [5, 5.41) is 5.38. The SMILES string of the molecule is CC1CCC(NC2CCCc3c2[nH]c2ccc(Br)cc32)CC1. The highest BCUT2D eigenvalue weighted by Gasteiger charge is 2.27. The fourth-order valence-electron chi connectivity index (χ4n) is 4.31. The van der Waals surface area contributed by atoms with Crippen LogP contribution in [0.1, 0.15) is 62.7 Å². The van der Waals surface area contributed by atoms with Crippen LogP contribution in [0.2, 0.25) is 0 Å². The van der Waals surface area contributed by atoms with Crippen molar-refractivity contribution in [3.05, 3.63) is 33.9 Å². The summed E-state index contributed by atoms with van der Waals surface area (Å²) in [5.41, 5.74) is 4.29. The molecule has 0 amide bonds. The van der Waals surface area contributed by atoms with Crippen LogP contribution < -0.4 is 5.32 Å². The summed E-state index contributed by atoms with van der Waals surface area (Å²) in [6, 6.07) is 7.85. The number of aryl methyl sites for hydroxylation is 1. The zero-order chi connectivity index (χ0) is 15.1. The predicted octanol–water partition coefficient (Wildman–Crippen LogP) is 5.48. The lowest BCUT2D eigenvalue weighted by Crippen LogP contribution is -2.37. The molecule has 0 bridgehead atoms. The number of halogens is 1. The highest BCUT2D eigenvalue weighted by Crippen LogP contribution is 2.37. The Labute approximate surface area is 141 Å². The van der Waals surface area contributed by atoms with Crippen LogP contribution in [-0.4, -0.2) is 11.0 Å². The maximum Gasteiger partial charge on any atom is 0.0478 e. The average molecular weight is 361 g/mol. The van der Waals surface area contributed by atoms with Crippen molar-refractivity contribution >= 4 is 26.8 Å². The van der Waals surface area contributed by atoms with E-state index in [0.29, 0.717) is 12.1 Å². The molecular weight excluding hydrogens is 336 g/mol. The Morgan fingerprint density at radius 1 is 1.14 bits per heavy atom. The van der Waals surface area contributed by atoms with E-state index >= 15 is 0 Å². The molecule has 0 aliphatic heterocycles. The molecule has 3 heteroatoms. The third-order valence-corrected chi connectivity index (χ3v) is 6.12. The summed E-state index contributed by atoms with van der Waals surface area (Å²) in [7, 11) is 0. The lowest BCUT2D eigenvalue weighted by Gasteiger charge is -2.32. The molecule has 2 aliphatic rings. The third-order valence-electron chi connectivity index (χ3n) is 5.62. The van der Waals surface area contributed by atoms with Crippen molar-refractivity contribution in [1.29, 1.82) is 0 Å². The fraction of sp³-hybridized carbons (Fsp3) is 0.579. The molecule has 0 saturated heterocycles. The van der Waals surface area contributed by atoms with Crippen LogP contribution in [0.3, 0.4) is 0 Å². The van der Waals surface area contributed by atoms with Crippen molar-refractivity contribution in [3.8, 4) is 0 Å². The number of aromatic amines is 1. The van der Waals surface area contributed by atoms with Crippen LogP contribution in [0.25, 0.3) is 10.9 Å². The Bertz CT molecular complexity index is 667. The molecule has 1 aromatic carbocycles. The van der Waals surface area contributed by atoms with Crippen LogP contribution in [0.15, 0.2) is 22.7 Å². The lowest BCUT2D eigenvalue weighted by molar-refractivity contribution is 0.276. The van der Waals surface area contributed by atoms with E-state index in [1.165, 1.54) is 66.0 Å². The first-order valence-electron chi connectivity index (χ1n) is 8.77. The van der Waals surface area contributed by atoms with Crippen molar-refractivity contribution in [2.45, 2.75) is 64.0 Å². The van der Waals surface area contributed by atoms with Gasteiger partial charge >= 0.3 is 0 Å². The molecule has 4 rings (SSSR count). The van der Waals surface area contributed by atoms with Gasteiger partial charge < -0.3 is 10.3 Å². The summed E-state index contributed by atoms with van der Waals surface area (Å²) >= 11 is 3.62. The molecule has 1 unspecified atom stereocenters.